The van der Waals surface area contributed by atoms with Crippen LogP contribution in [0.4, 0.5) is 10.6 Å². The largest absolute Gasteiger partial charge is 0.355 e. The van der Waals surface area contributed by atoms with Crippen LogP contribution in [0.25, 0.3) is 10.9 Å². The maximum atomic E-state index is 12.2. The number of hydrogen-bond acceptors (Lipinski definition) is 6. The molecule has 2 aromatic heterocycles. The van der Waals surface area contributed by atoms with Gasteiger partial charge in [0.15, 0.2) is 0 Å². The number of imide groups is 1. The molecule has 1 saturated heterocycles. The fourth-order valence-electron chi connectivity index (χ4n) is 3.07. The molecule has 0 saturated carbocycles. The van der Waals surface area contributed by atoms with Crippen LogP contribution in [0.15, 0.2) is 54.9 Å². The summed E-state index contributed by atoms with van der Waals surface area (Å²) in [6.45, 7) is 0.715. The first kappa shape index (κ1) is 17.5. The van der Waals surface area contributed by atoms with E-state index in [0.29, 0.717) is 6.54 Å². The molecule has 0 aliphatic carbocycles. The van der Waals surface area contributed by atoms with E-state index in [4.69, 9.17) is 0 Å². The molecule has 0 N–H and O–H groups in total. The van der Waals surface area contributed by atoms with Gasteiger partial charge < -0.3 is 4.90 Å². The van der Waals surface area contributed by atoms with Gasteiger partial charge >= 0.3 is 0 Å². The van der Waals surface area contributed by atoms with Gasteiger partial charge in [0.1, 0.15) is 11.1 Å². The predicted octanol–water partition coefficient (Wildman–Crippen LogP) is 3.63. The van der Waals surface area contributed by atoms with Gasteiger partial charge in [0.25, 0.3) is 5.24 Å². The van der Waals surface area contributed by atoms with Crippen molar-refractivity contribution in [3.63, 3.8) is 0 Å². The van der Waals surface area contributed by atoms with Crippen LogP contribution < -0.4 is 4.90 Å². The molecular weight excluding hydrogens is 360 g/mol. The van der Waals surface area contributed by atoms with Crippen molar-refractivity contribution in [3.8, 4) is 0 Å². The number of thioether (sulfide) groups is 1. The van der Waals surface area contributed by atoms with E-state index in [1.165, 1.54) is 7.05 Å². The topological polar surface area (TPSA) is 66.4 Å². The Kier molecular flexibility index (Phi) is 4.53. The number of amides is 2. The molecule has 6 nitrogen and oxygen atoms in total. The van der Waals surface area contributed by atoms with Gasteiger partial charge in [-0.3, -0.25) is 19.5 Å². The molecule has 7 heteroatoms. The van der Waals surface area contributed by atoms with Gasteiger partial charge in [0.2, 0.25) is 5.91 Å². The van der Waals surface area contributed by atoms with Crippen LogP contribution in [-0.4, -0.2) is 40.1 Å². The highest BCUT2D eigenvalue weighted by Crippen LogP contribution is 2.38. The average Bonchev–Trinajstić information content (AvgIpc) is 2.95. The monoisotopic (exact) mass is 378 g/mol. The molecule has 3 aromatic rings. The molecular formula is C20H18N4O2S. The van der Waals surface area contributed by atoms with Gasteiger partial charge in [-0.1, -0.05) is 18.2 Å². The third-order valence-corrected chi connectivity index (χ3v) is 5.76. The van der Waals surface area contributed by atoms with Crippen molar-refractivity contribution in [2.75, 3.05) is 19.0 Å². The van der Waals surface area contributed by atoms with Crippen LogP contribution in [-0.2, 0) is 11.3 Å². The zero-order valence-electron chi connectivity index (χ0n) is 15.0. The number of nitrogens with zero attached hydrogens (tertiary/aromatic N) is 4. The van der Waals surface area contributed by atoms with Crippen LogP contribution in [0, 0.1) is 0 Å². The number of likely N-dealkylation sites (N-methyl/N-ethyl adjacent to an activating group) is 1. The Bertz CT molecular complexity index is 1020. The van der Waals surface area contributed by atoms with E-state index in [1.807, 2.05) is 49.5 Å². The van der Waals surface area contributed by atoms with Crippen LogP contribution in [0.5, 0.6) is 0 Å². The molecule has 1 aliphatic rings. The normalized spacial score (nSPS) is 17.0. The number of carbonyl (C=O) groups excluding carboxylic acids is 2. The van der Waals surface area contributed by atoms with E-state index in [1.54, 1.807) is 12.4 Å². The van der Waals surface area contributed by atoms with Crippen LogP contribution >= 0.6 is 11.8 Å². The smallest absolute Gasteiger partial charge is 0.289 e. The van der Waals surface area contributed by atoms with Crippen LogP contribution in [0.2, 0.25) is 0 Å². The van der Waals surface area contributed by atoms with E-state index in [-0.39, 0.29) is 11.1 Å². The van der Waals surface area contributed by atoms with Crippen molar-refractivity contribution >= 4 is 39.6 Å². The Morgan fingerprint density at radius 1 is 1.15 bits per heavy atom. The quantitative estimate of drug-likeness (QED) is 0.691. The zero-order chi connectivity index (χ0) is 19.0. The maximum absolute atomic E-state index is 12.2. The second-order valence-electron chi connectivity index (χ2n) is 6.50. The summed E-state index contributed by atoms with van der Waals surface area (Å²) in [7, 11) is 3.51. The van der Waals surface area contributed by atoms with Crippen LogP contribution in [0.1, 0.15) is 16.4 Å². The van der Waals surface area contributed by atoms with E-state index in [9.17, 15) is 9.59 Å². The Morgan fingerprint density at radius 2 is 2.00 bits per heavy atom. The number of carbonyl (C=O) groups is 2. The standard InChI is InChI=1S/C20H18N4O2S/c1-23(17-5-3-4-8-21-17)12-13-6-7-14-10-15(11-22-16(14)9-13)18-19(25)24(2)20(26)27-18/h3-11,18H,12H2,1-2H3. The van der Waals surface area contributed by atoms with Crippen molar-refractivity contribution in [3.05, 3.63) is 66.0 Å². The first-order valence-electron chi connectivity index (χ1n) is 8.52. The highest BCUT2D eigenvalue weighted by Gasteiger charge is 2.38. The van der Waals surface area contributed by atoms with Gasteiger partial charge in [-0.15, -0.1) is 0 Å². The van der Waals surface area contributed by atoms with Crippen molar-refractivity contribution in [2.45, 2.75) is 11.8 Å². The first-order chi connectivity index (χ1) is 13.0. The lowest BCUT2D eigenvalue weighted by Gasteiger charge is -2.18. The lowest BCUT2D eigenvalue weighted by molar-refractivity contribution is -0.125. The molecule has 2 amide bonds. The third kappa shape index (κ3) is 3.38. The van der Waals surface area contributed by atoms with Crippen molar-refractivity contribution in [1.82, 2.24) is 14.9 Å². The molecule has 3 heterocycles. The van der Waals surface area contributed by atoms with Crippen molar-refractivity contribution < 1.29 is 9.59 Å². The van der Waals surface area contributed by atoms with Gasteiger partial charge in [-0.25, -0.2) is 4.98 Å². The number of fused-ring (bicyclic) bond motifs is 1. The molecule has 27 heavy (non-hydrogen) atoms. The number of pyridine rings is 2. The summed E-state index contributed by atoms with van der Waals surface area (Å²) in [5, 5.41) is 0.222. The summed E-state index contributed by atoms with van der Waals surface area (Å²) >= 11 is 1.04. The highest BCUT2D eigenvalue weighted by atomic mass is 32.2. The third-order valence-electron chi connectivity index (χ3n) is 4.58. The summed E-state index contributed by atoms with van der Waals surface area (Å²) in [5.74, 6) is 0.714. The lowest BCUT2D eigenvalue weighted by atomic mass is 10.1. The molecule has 1 aromatic carbocycles. The fraction of sp³-hybridized carbons (Fsp3) is 0.200. The Labute approximate surface area is 161 Å². The minimum atomic E-state index is -0.505. The summed E-state index contributed by atoms with van der Waals surface area (Å²) in [5.41, 5.74) is 2.74. The fourth-order valence-corrected chi connectivity index (χ4v) is 4.04. The molecule has 1 unspecified atom stereocenters. The van der Waals surface area contributed by atoms with E-state index in [0.717, 1.165) is 44.5 Å². The number of rotatable bonds is 4. The lowest BCUT2D eigenvalue weighted by Crippen LogP contribution is -2.24. The average molecular weight is 378 g/mol. The molecule has 1 aliphatic heterocycles. The minimum Gasteiger partial charge on any atom is -0.355 e. The van der Waals surface area contributed by atoms with E-state index >= 15 is 0 Å². The van der Waals surface area contributed by atoms with E-state index in [2.05, 4.69) is 14.9 Å². The SMILES string of the molecule is CN1C(=O)SC(c2cnc3cc(CN(C)c4ccccn4)ccc3c2)C1=O. The second-order valence-corrected chi connectivity index (χ2v) is 7.56. The van der Waals surface area contributed by atoms with Gasteiger partial charge in [0, 0.05) is 38.4 Å². The van der Waals surface area contributed by atoms with Gasteiger partial charge in [0.05, 0.1) is 5.52 Å². The first-order valence-corrected chi connectivity index (χ1v) is 9.40. The molecule has 0 spiro atoms. The van der Waals surface area contributed by atoms with Crippen molar-refractivity contribution in [1.29, 1.82) is 0 Å². The minimum absolute atomic E-state index is 0.195. The molecule has 1 fully saturated rings. The summed E-state index contributed by atoms with van der Waals surface area (Å²) in [4.78, 5) is 36.1. The number of benzene rings is 1. The molecule has 0 bridgehead atoms. The Hall–Kier alpha value is -2.93. The number of anilines is 1. The maximum Gasteiger partial charge on any atom is 0.289 e. The Balaban J connectivity index is 1.57. The molecule has 1 atom stereocenters. The Morgan fingerprint density at radius 3 is 2.70 bits per heavy atom. The summed E-state index contributed by atoms with van der Waals surface area (Å²) in [6.07, 6.45) is 3.47. The number of hydrogen-bond donors (Lipinski definition) is 0. The second kappa shape index (κ2) is 7.00. The van der Waals surface area contributed by atoms with Gasteiger partial charge in [-0.05, 0) is 47.2 Å². The van der Waals surface area contributed by atoms with Crippen LogP contribution in [0.3, 0.4) is 0 Å². The van der Waals surface area contributed by atoms with E-state index < -0.39 is 5.25 Å². The molecule has 0 radical (unpaired) electrons. The summed E-state index contributed by atoms with van der Waals surface area (Å²) in [6, 6.07) is 13.9. The van der Waals surface area contributed by atoms with Crippen molar-refractivity contribution in [2.24, 2.45) is 0 Å². The highest BCUT2D eigenvalue weighted by molar-refractivity contribution is 8.14. The molecule has 136 valence electrons. The zero-order valence-corrected chi connectivity index (χ0v) is 15.8. The summed E-state index contributed by atoms with van der Waals surface area (Å²) < 4.78 is 0. The number of aromatic nitrogens is 2. The molecule has 4 rings (SSSR count). The van der Waals surface area contributed by atoms with Gasteiger partial charge in [-0.2, -0.15) is 0 Å². The predicted molar refractivity (Wildman–Crippen MR) is 107 cm³/mol.